The highest BCUT2D eigenvalue weighted by atomic mass is 16.2. The fraction of sp³-hybridized carbons (Fsp3) is 0.889. The minimum atomic E-state index is 0.315. The van der Waals surface area contributed by atoms with Crippen LogP contribution in [0.5, 0.6) is 0 Å². The number of hydrogen-bond acceptors (Lipinski definition) is 2. The summed E-state index contributed by atoms with van der Waals surface area (Å²) < 4.78 is 0. The number of nitrogens with zero attached hydrogens (tertiary/aromatic N) is 1. The Morgan fingerprint density at radius 3 is 2.67 bits per heavy atom. The van der Waals surface area contributed by atoms with E-state index in [-0.39, 0.29) is 0 Å². The molecule has 3 nitrogen and oxygen atoms in total. The van der Waals surface area contributed by atoms with E-state index >= 15 is 0 Å². The molecule has 0 spiro atoms. The molecule has 0 bridgehead atoms. The second-order valence-electron chi connectivity index (χ2n) is 3.53. The molecule has 1 aliphatic rings. The van der Waals surface area contributed by atoms with Crippen LogP contribution in [0.2, 0.25) is 0 Å². The summed E-state index contributed by atoms with van der Waals surface area (Å²) in [5, 5.41) is 0. The van der Waals surface area contributed by atoms with Crippen LogP contribution in [-0.2, 0) is 4.79 Å². The smallest absolute Gasteiger partial charge is 0.225 e. The Balaban J connectivity index is 2.20. The van der Waals surface area contributed by atoms with Crippen LogP contribution in [0.1, 0.15) is 25.7 Å². The number of amides is 1. The summed E-state index contributed by atoms with van der Waals surface area (Å²) >= 11 is 0. The SMILES string of the molecule is CN(CCCN)C(=O)C1CCC1. The first-order valence-corrected chi connectivity index (χ1v) is 4.70. The number of nitrogens with two attached hydrogens (primary N) is 1. The predicted octanol–water partition coefficient (Wildman–Crippen LogP) is 0.594. The largest absolute Gasteiger partial charge is 0.345 e. The maximum Gasteiger partial charge on any atom is 0.225 e. The van der Waals surface area contributed by atoms with Gasteiger partial charge >= 0.3 is 0 Å². The third-order valence-electron chi connectivity index (χ3n) is 2.53. The van der Waals surface area contributed by atoms with Gasteiger partial charge in [-0.15, -0.1) is 0 Å². The van der Waals surface area contributed by atoms with Crippen molar-refractivity contribution in [3.05, 3.63) is 0 Å². The Bertz CT molecular complexity index is 155. The van der Waals surface area contributed by atoms with Crippen molar-refractivity contribution in [2.45, 2.75) is 25.7 Å². The minimum Gasteiger partial charge on any atom is -0.345 e. The average Bonchev–Trinajstić information content (AvgIpc) is 1.96. The van der Waals surface area contributed by atoms with E-state index in [2.05, 4.69) is 0 Å². The van der Waals surface area contributed by atoms with Crippen LogP contribution in [0.25, 0.3) is 0 Å². The third-order valence-corrected chi connectivity index (χ3v) is 2.53. The standard InChI is InChI=1S/C9H18N2O/c1-11(7-3-6-10)9(12)8-4-2-5-8/h8H,2-7,10H2,1H3. The second-order valence-corrected chi connectivity index (χ2v) is 3.53. The van der Waals surface area contributed by atoms with Crippen molar-refractivity contribution in [3.8, 4) is 0 Å². The van der Waals surface area contributed by atoms with Crippen LogP contribution in [0.4, 0.5) is 0 Å². The zero-order valence-corrected chi connectivity index (χ0v) is 7.75. The van der Waals surface area contributed by atoms with E-state index < -0.39 is 0 Å². The number of rotatable bonds is 4. The molecule has 0 saturated heterocycles. The van der Waals surface area contributed by atoms with Gasteiger partial charge in [-0.25, -0.2) is 0 Å². The normalized spacial score (nSPS) is 17.2. The maximum absolute atomic E-state index is 11.5. The molecule has 1 amide bonds. The highest BCUT2D eigenvalue weighted by Gasteiger charge is 2.27. The van der Waals surface area contributed by atoms with Crippen molar-refractivity contribution < 1.29 is 4.79 Å². The molecule has 2 N–H and O–H groups in total. The van der Waals surface area contributed by atoms with Crippen molar-refractivity contribution in [1.82, 2.24) is 4.90 Å². The van der Waals surface area contributed by atoms with E-state index in [9.17, 15) is 4.79 Å². The minimum absolute atomic E-state index is 0.315. The average molecular weight is 170 g/mol. The van der Waals surface area contributed by atoms with E-state index in [0.29, 0.717) is 18.4 Å². The van der Waals surface area contributed by atoms with E-state index in [1.807, 2.05) is 11.9 Å². The quantitative estimate of drug-likeness (QED) is 0.671. The van der Waals surface area contributed by atoms with Crippen molar-refractivity contribution in [1.29, 1.82) is 0 Å². The fourth-order valence-electron chi connectivity index (χ4n) is 1.41. The molecular weight excluding hydrogens is 152 g/mol. The predicted molar refractivity (Wildman–Crippen MR) is 48.6 cm³/mol. The summed E-state index contributed by atoms with van der Waals surface area (Å²) in [6.45, 7) is 1.48. The first-order valence-electron chi connectivity index (χ1n) is 4.70. The van der Waals surface area contributed by atoms with E-state index in [0.717, 1.165) is 25.8 Å². The van der Waals surface area contributed by atoms with Gasteiger partial charge in [-0.3, -0.25) is 4.79 Å². The maximum atomic E-state index is 11.5. The Hall–Kier alpha value is -0.570. The summed E-state index contributed by atoms with van der Waals surface area (Å²) in [5.74, 6) is 0.641. The second kappa shape index (κ2) is 4.45. The van der Waals surface area contributed by atoms with Gasteiger partial charge in [0.15, 0.2) is 0 Å². The van der Waals surface area contributed by atoms with Crippen molar-refractivity contribution >= 4 is 5.91 Å². The number of hydrogen-bond donors (Lipinski definition) is 1. The molecule has 0 aliphatic heterocycles. The lowest BCUT2D eigenvalue weighted by atomic mass is 9.84. The van der Waals surface area contributed by atoms with Gasteiger partial charge in [0.2, 0.25) is 5.91 Å². The van der Waals surface area contributed by atoms with Gasteiger partial charge in [-0.05, 0) is 25.8 Å². The third kappa shape index (κ3) is 2.21. The Kier molecular flexibility index (Phi) is 3.53. The lowest BCUT2D eigenvalue weighted by Crippen LogP contribution is -2.37. The fourth-order valence-corrected chi connectivity index (χ4v) is 1.41. The highest BCUT2D eigenvalue weighted by molar-refractivity contribution is 5.79. The molecule has 0 aromatic carbocycles. The van der Waals surface area contributed by atoms with Gasteiger partial charge in [0.05, 0.1) is 0 Å². The molecule has 0 heterocycles. The van der Waals surface area contributed by atoms with Crippen LogP contribution < -0.4 is 5.73 Å². The molecule has 1 saturated carbocycles. The summed E-state index contributed by atoms with van der Waals surface area (Å²) in [7, 11) is 1.87. The molecule has 70 valence electrons. The molecule has 0 aromatic rings. The van der Waals surface area contributed by atoms with Crippen LogP contribution >= 0.6 is 0 Å². The number of carbonyl (C=O) groups excluding carboxylic acids is 1. The van der Waals surface area contributed by atoms with Gasteiger partial charge in [0, 0.05) is 19.5 Å². The first kappa shape index (κ1) is 9.52. The first-order chi connectivity index (χ1) is 5.75. The molecule has 12 heavy (non-hydrogen) atoms. The summed E-state index contributed by atoms with van der Waals surface area (Å²) in [6.07, 6.45) is 4.31. The van der Waals surface area contributed by atoms with Gasteiger partial charge in [0.1, 0.15) is 0 Å². The Labute approximate surface area is 73.9 Å². The molecule has 0 atom stereocenters. The van der Waals surface area contributed by atoms with Crippen LogP contribution in [-0.4, -0.2) is 30.9 Å². The van der Waals surface area contributed by atoms with Gasteiger partial charge < -0.3 is 10.6 Å². The highest BCUT2D eigenvalue weighted by Crippen LogP contribution is 2.27. The molecule has 0 aromatic heterocycles. The van der Waals surface area contributed by atoms with Crippen LogP contribution in [0.15, 0.2) is 0 Å². The Morgan fingerprint density at radius 2 is 2.25 bits per heavy atom. The monoisotopic (exact) mass is 170 g/mol. The summed E-state index contributed by atoms with van der Waals surface area (Å²) in [5.41, 5.74) is 5.36. The van der Waals surface area contributed by atoms with Gasteiger partial charge in [-0.2, -0.15) is 0 Å². The van der Waals surface area contributed by atoms with Gasteiger partial charge in [-0.1, -0.05) is 6.42 Å². The van der Waals surface area contributed by atoms with Crippen LogP contribution in [0.3, 0.4) is 0 Å². The molecule has 1 aliphatic carbocycles. The van der Waals surface area contributed by atoms with E-state index in [1.165, 1.54) is 6.42 Å². The summed E-state index contributed by atoms with van der Waals surface area (Å²) in [6, 6.07) is 0. The molecule has 0 radical (unpaired) electrons. The van der Waals surface area contributed by atoms with Crippen molar-refractivity contribution in [3.63, 3.8) is 0 Å². The molecule has 0 unspecified atom stereocenters. The Morgan fingerprint density at radius 1 is 1.58 bits per heavy atom. The lowest BCUT2D eigenvalue weighted by molar-refractivity contribution is -0.136. The molecular formula is C9H18N2O. The van der Waals surface area contributed by atoms with Gasteiger partial charge in [0.25, 0.3) is 0 Å². The summed E-state index contributed by atoms with van der Waals surface area (Å²) in [4.78, 5) is 13.3. The van der Waals surface area contributed by atoms with E-state index in [4.69, 9.17) is 5.73 Å². The van der Waals surface area contributed by atoms with Crippen molar-refractivity contribution in [2.24, 2.45) is 11.7 Å². The topological polar surface area (TPSA) is 46.3 Å². The van der Waals surface area contributed by atoms with E-state index in [1.54, 1.807) is 0 Å². The molecule has 1 rings (SSSR count). The van der Waals surface area contributed by atoms with Crippen molar-refractivity contribution in [2.75, 3.05) is 20.1 Å². The molecule has 1 fully saturated rings. The zero-order chi connectivity index (χ0) is 8.97. The van der Waals surface area contributed by atoms with Crippen LogP contribution in [0, 0.1) is 5.92 Å². The number of carbonyl (C=O) groups is 1. The zero-order valence-electron chi connectivity index (χ0n) is 7.75. The molecule has 3 heteroatoms. The lowest BCUT2D eigenvalue weighted by Gasteiger charge is -2.29.